The van der Waals surface area contributed by atoms with Crippen LogP contribution in [-0.4, -0.2) is 12.1 Å². The molecular weight excluding hydrogens is 194 g/mol. The van der Waals surface area contributed by atoms with Crippen molar-refractivity contribution in [3.05, 3.63) is 27.5 Å². The average molecular weight is 200 g/mol. The Morgan fingerprint density at radius 2 is 2.29 bits per heavy atom. The first kappa shape index (κ1) is 10.2. The van der Waals surface area contributed by atoms with Crippen molar-refractivity contribution in [2.45, 2.75) is 6.43 Å². The van der Waals surface area contributed by atoms with Crippen molar-refractivity contribution in [1.29, 1.82) is 5.26 Å². The number of H-pyrrole nitrogens is 1. The van der Waals surface area contributed by atoms with Crippen LogP contribution in [0.1, 0.15) is 17.6 Å². The van der Waals surface area contributed by atoms with Gasteiger partial charge in [0.15, 0.2) is 0 Å². The van der Waals surface area contributed by atoms with Crippen molar-refractivity contribution in [3.63, 3.8) is 0 Å². The smallest absolute Gasteiger partial charge is 0.269 e. The normalized spacial score (nSPS) is 9.93. The Kier molecular flexibility index (Phi) is 2.82. The molecule has 1 rings (SSSR count). The van der Waals surface area contributed by atoms with Gasteiger partial charge in [0.25, 0.3) is 12.0 Å². The van der Waals surface area contributed by atoms with Crippen molar-refractivity contribution in [1.82, 2.24) is 4.98 Å². The molecule has 14 heavy (non-hydrogen) atoms. The number of nitrogens with zero attached hydrogens (tertiary/aromatic N) is 1. The molecule has 1 aromatic heterocycles. The molecule has 0 amide bonds. The molecule has 0 aliphatic heterocycles. The number of methoxy groups -OCH3 is 1. The number of ether oxygens (including phenoxy) is 1. The van der Waals surface area contributed by atoms with E-state index in [2.05, 4.69) is 4.74 Å². The van der Waals surface area contributed by atoms with Crippen molar-refractivity contribution >= 4 is 0 Å². The van der Waals surface area contributed by atoms with E-state index in [1.54, 1.807) is 0 Å². The molecule has 74 valence electrons. The van der Waals surface area contributed by atoms with E-state index < -0.39 is 17.5 Å². The summed E-state index contributed by atoms with van der Waals surface area (Å²) in [5.74, 6) is -0.316. The molecule has 0 atom stereocenters. The zero-order valence-corrected chi connectivity index (χ0v) is 7.17. The molecule has 4 nitrogen and oxygen atoms in total. The summed E-state index contributed by atoms with van der Waals surface area (Å²) in [6.07, 6.45) is -2.80. The highest BCUT2D eigenvalue weighted by Gasteiger charge is 2.16. The number of nitriles is 1. The summed E-state index contributed by atoms with van der Waals surface area (Å²) >= 11 is 0. The summed E-state index contributed by atoms with van der Waals surface area (Å²) in [7, 11) is 1.16. The largest absolute Gasteiger partial charge is 0.482 e. The summed E-state index contributed by atoms with van der Waals surface area (Å²) in [6, 6.07) is 2.33. The number of aromatic amines is 1. The van der Waals surface area contributed by atoms with Gasteiger partial charge in [-0.3, -0.25) is 9.78 Å². The van der Waals surface area contributed by atoms with Crippen LogP contribution in [0, 0.1) is 11.3 Å². The monoisotopic (exact) mass is 200 g/mol. The third-order valence-corrected chi connectivity index (χ3v) is 1.59. The Bertz CT molecular complexity index is 434. The van der Waals surface area contributed by atoms with Crippen molar-refractivity contribution < 1.29 is 13.5 Å². The predicted molar refractivity (Wildman–Crippen MR) is 43.3 cm³/mol. The lowest BCUT2D eigenvalue weighted by Gasteiger charge is -2.06. The van der Waals surface area contributed by atoms with E-state index in [9.17, 15) is 13.6 Å². The molecule has 0 aliphatic carbocycles. The van der Waals surface area contributed by atoms with Gasteiger partial charge in [0.2, 0.25) is 5.88 Å². The van der Waals surface area contributed by atoms with Crippen LogP contribution in [0.25, 0.3) is 0 Å². The first-order chi connectivity index (χ1) is 6.60. The van der Waals surface area contributed by atoms with Crippen LogP contribution in [0.5, 0.6) is 5.88 Å². The van der Waals surface area contributed by atoms with Gasteiger partial charge in [-0.05, 0) is 6.07 Å². The number of hydrogen-bond acceptors (Lipinski definition) is 3. The first-order valence-corrected chi connectivity index (χ1v) is 3.59. The molecule has 0 spiro atoms. The fourth-order valence-electron chi connectivity index (χ4n) is 0.943. The van der Waals surface area contributed by atoms with Gasteiger partial charge in [-0.15, -0.1) is 0 Å². The molecule has 0 fully saturated rings. The molecule has 0 aliphatic rings. The van der Waals surface area contributed by atoms with Gasteiger partial charge in [-0.25, -0.2) is 8.78 Å². The second-order valence-electron chi connectivity index (χ2n) is 2.41. The fraction of sp³-hybridized carbons (Fsp3) is 0.250. The van der Waals surface area contributed by atoms with Crippen molar-refractivity contribution in [2.75, 3.05) is 7.11 Å². The summed E-state index contributed by atoms with van der Waals surface area (Å²) < 4.78 is 29.2. The standard InChI is InChI=1S/C8H6F2N2O2/c1-14-8-5(6(9)10)2-4(3-11)7(13)12-8/h2,6H,1H3,(H,12,13). The minimum Gasteiger partial charge on any atom is -0.482 e. The molecule has 0 saturated carbocycles. The maximum Gasteiger partial charge on any atom is 0.269 e. The number of aromatic nitrogens is 1. The van der Waals surface area contributed by atoms with Crippen molar-refractivity contribution in [3.8, 4) is 11.9 Å². The molecule has 1 aromatic rings. The predicted octanol–water partition coefficient (Wildman–Crippen LogP) is 1.19. The third-order valence-electron chi connectivity index (χ3n) is 1.59. The van der Waals surface area contributed by atoms with Gasteiger partial charge in [0, 0.05) is 0 Å². The lowest BCUT2D eigenvalue weighted by molar-refractivity contribution is 0.146. The van der Waals surface area contributed by atoms with Crippen LogP contribution in [0.3, 0.4) is 0 Å². The van der Waals surface area contributed by atoms with Gasteiger partial charge in [0.1, 0.15) is 11.6 Å². The van der Waals surface area contributed by atoms with Crippen LogP contribution in [0.2, 0.25) is 0 Å². The first-order valence-electron chi connectivity index (χ1n) is 3.59. The number of pyridine rings is 1. The second kappa shape index (κ2) is 3.87. The lowest BCUT2D eigenvalue weighted by atomic mass is 10.2. The van der Waals surface area contributed by atoms with Crippen LogP contribution in [0.4, 0.5) is 8.78 Å². The van der Waals surface area contributed by atoms with E-state index in [0.29, 0.717) is 0 Å². The molecule has 6 heteroatoms. The molecule has 0 bridgehead atoms. The third kappa shape index (κ3) is 1.71. The van der Waals surface area contributed by atoms with Gasteiger partial charge in [-0.2, -0.15) is 5.26 Å². The Hall–Kier alpha value is -1.90. The van der Waals surface area contributed by atoms with Gasteiger partial charge >= 0.3 is 0 Å². The molecule has 0 aromatic carbocycles. The Balaban J connectivity index is 3.42. The van der Waals surface area contributed by atoms with E-state index in [1.165, 1.54) is 6.07 Å². The SMILES string of the molecule is COc1[nH]c(=O)c(C#N)cc1C(F)F. The fourth-order valence-corrected chi connectivity index (χ4v) is 0.943. The number of rotatable bonds is 2. The number of hydrogen-bond donors (Lipinski definition) is 1. The Morgan fingerprint density at radius 1 is 1.64 bits per heavy atom. The van der Waals surface area contributed by atoms with E-state index in [4.69, 9.17) is 5.26 Å². The van der Waals surface area contributed by atoms with Gasteiger partial charge < -0.3 is 4.74 Å². The van der Waals surface area contributed by atoms with Crippen LogP contribution in [0.15, 0.2) is 10.9 Å². The zero-order valence-electron chi connectivity index (χ0n) is 7.17. The second-order valence-corrected chi connectivity index (χ2v) is 2.41. The number of halogens is 2. The maximum atomic E-state index is 12.4. The molecular formula is C8H6F2N2O2. The van der Waals surface area contributed by atoms with E-state index in [0.717, 1.165) is 13.2 Å². The maximum absolute atomic E-state index is 12.4. The van der Waals surface area contributed by atoms with Crippen molar-refractivity contribution in [2.24, 2.45) is 0 Å². The summed E-state index contributed by atoms with van der Waals surface area (Å²) in [5, 5.41) is 8.43. The van der Waals surface area contributed by atoms with Crippen LogP contribution >= 0.6 is 0 Å². The lowest BCUT2D eigenvalue weighted by Crippen LogP contribution is -2.13. The highest BCUT2D eigenvalue weighted by Crippen LogP contribution is 2.25. The van der Waals surface area contributed by atoms with E-state index >= 15 is 0 Å². The van der Waals surface area contributed by atoms with Crippen LogP contribution in [-0.2, 0) is 0 Å². The van der Waals surface area contributed by atoms with E-state index in [-0.39, 0.29) is 11.4 Å². The average Bonchev–Trinajstić information content (AvgIpc) is 2.16. The Labute approximate surface area is 77.7 Å². The molecule has 1 heterocycles. The molecule has 0 radical (unpaired) electrons. The summed E-state index contributed by atoms with van der Waals surface area (Å²) in [4.78, 5) is 13.0. The minimum absolute atomic E-state index is 0.316. The molecule has 0 unspecified atom stereocenters. The Morgan fingerprint density at radius 3 is 2.71 bits per heavy atom. The van der Waals surface area contributed by atoms with Gasteiger partial charge in [0.05, 0.1) is 12.7 Å². The topological polar surface area (TPSA) is 65.9 Å². The summed E-state index contributed by atoms with van der Waals surface area (Å²) in [6.45, 7) is 0. The highest BCUT2D eigenvalue weighted by atomic mass is 19.3. The number of alkyl halides is 2. The molecule has 0 saturated heterocycles. The highest BCUT2D eigenvalue weighted by molar-refractivity contribution is 5.36. The molecule has 1 N–H and O–H groups in total. The van der Waals surface area contributed by atoms with Gasteiger partial charge in [-0.1, -0.05) is 0 Å². The van der Waals surface area contributed by atoms with E-state index in [1.807, 2.05) is 4.98 Å². The number of nitrogens with one attached hydrogen (secondary N) is 1. The van der Waals surface area contributed by atoms with Crippen LogP contribution < -0.4 is 10.3 Å². The summed E-state index contributed by atoms with van der Waals surface area (Å²) in [5.41, 5.74) is -1.60. The quantitative estimate of drug-likeness (QED) is 0.779. The minimum atomic E-state index is -2.80. The zero-order chi connectivity index (χ0) is 10.7.